The molecule has 0 aliphatic heterocycles. The van der Waals surface area contributed by atoms with Gasteiger partial charge in [0.05, 0.1) is 0 Å². The fourth-order valence-corrected chi connectivity index (χ4v) is 2.58. The van der Waals surface area contributed by atoms with Crippen LogP contribution in [0.15, 0.2) is 23.6 Å². The van der Waals surface area contributed by atoms with Gasteiger partial charge >= 0.3 is 0 Å². The topological polar surface area (TPSA) is 40.1 Å². The van der Waals surface area contributed by atoms with Crippen LogP contribution in [0.1, 0.15) is 18.1 Å². The van der Waals surface area contributed by atoms with Gasteiger partial charge in [-0.3, -0.25) is 0 Å². The summed E-state index contributed by atoms with van der Waals surface area (Å²) >= 11 is 1.58. The molecule has 0 fully saturated rings. The first-order valence-electron chi connectivity index (χ1n) is 4.89. The molecule has 2 nitrogen and oxygen atoms in total. The van der Waals surface area contributed by atoms with Crippen LogP contribution in [0.2, 0.25) is 0 Å². The van der Waals surface area contributed by atoms with Crippen molar-refractivity contribution in [3.63, 3.8) is 0 Å². The minimum Gasteiger partial charge on any atom is -0.550 e. The van der Waals surface area contributed by atoms with E-state index in [2.05, 4.69) is 25.1 Å². The Kier molecular flexibility index (Phi) is 2.73. The van der Waals surface area contributed by atoms with E-state index in [9.17, 15) is 9.90 Å². The molecular weight excluding hydrogens is 208 g/mol. The fourth-order valence-electron chi connectivity index (χ4n) is 1.64. The van der Waals surface area contributed by atoms with E-state index >= 15 is 0 Å². The van der Waals surface area contributed by atoms with Crippen molar-refractivity contribution in [2.24, 2.45) is 0 Å². The molecule has 1 heterocycles. The van der Waals surface area contributed by atoms with E-state index in [1.807, 2.05) is 5.38 Å². The number of thiophene rings is 1. The van der Waals surface area contributed by atoms with Crippen LogP contribution >= 0.6 is 11.3 Å². The first-order chi connectivity index (χ1) is 7.20. The molecule has 1 aromatic heterocycles. The molecule has 0 radical (unpaired) electrons. The average molecular weight is 219 g/mol. The number of hydrogen-bond acceptors (Lipinski definition) is 3. The van der Waals surface area contributed by atoms with E-state index in [0.29, 0.717) is 0 Å². The number of aliphatic carboxylic acids is 1. The lowest BCUT2D eigenvalue weighted by Gasteiger charge is -2.02. The van der Waals surface area contributed by atoms with E-state index in [4.69, 9.17) is 0 Å². The summed E-state index contributed by atoms with van der Waals surface area (Å²) in [6.45, 7) is 2.09. The summed E-state index contributed by atoms with van der Waals surface area (Å²) in [6, 6.07) is 6.21. The van der Waals surface area contributed by atoms with Gasteiger partial charge in [0.2, 0.25) is 0 Å². The summed E-state index contributed by atoms with van der Waals surface area (Å²) in [7, 11) is 0. The average Bonchev–Trinajstić information content (AvgIpc) is 2.60. The van der Waals surface area contributed by atoms with E-state index in [0.717, 1.165) is 22.1 Å². The Morgan fingerprint density at radius 3 is 2.93 bits per heavy atom. The molecule has 0 aliphatic carbocycles. The quantitative estimate of drug-likeness (QED) is 0.789. The Morgan fingerprint density at radius 2 is 2.27 bits per heavy atom. The van der Waals surface area contributed by atoms with E-state index < -0.39 is 5.97 Å². The summed E-state index contributed by atoms with van der Waals surface area (Å²) in [6.07, 6.45) is 0.976. The van der Waals surface area contributed by atoms with Crippen molar-refractivity contribution in [2.45, 2.75) is 19.8 Å². The molecule has 2 rings (SSSR count). The molecule has 15 heavy (non-hydrogen) atoms. The minimum absolute atomic E-state index is 0.00711. The Balaban J connectivity index is 2.51. The van der Waals surface area contributed by atoms with Crippen molar-refractivity contribution in [1.29, 1.82) is 0 Å². The van der Waals surface area contributed by atoms with Crippen LogP contribution < -0.4 is 5.11 Å². The monoisotopic (exact) mass is 219 g/mol. The van der Waals surface area contributed by atoms with Gasteiger partial charge < -0.3 is 9.90 Å². The zero-order valence-corrected chi connectivity index (χ0v) is 9.26. The zero-order chi connectivity index (χ0) is 10.8. The van der Waals surface area contributed by atoms with E-state index in [1.54, 1.807) is 11.3 Å². The van der Waals surface area contributed by atoms with Crippen LogP contribution in [-0.2, 0) is 17.6 Å². The molecule has 0 aliphatic rings. The van der Waals surface area contributed by atoms with Crippen LogP contribution in [0.4, 0.5) is 0 Å². The van der Waals surface area contributed by atoms with Gasteiger partial charge in [-0.25, -0.2) is 0 Å². The second-order valence-electron chi connectivity index (χ2n) is 3.49. The molecule has 0 atom stereocenters. The maximum atomic E-state index is 10.6. The molecular formula is C12H11O2S-. The number of fused-ring (bicyclic) bond motifs is 1. The SMILES string of the molecule is CCc1ccc2scc(CC(=O)[O-])c2c1. The first kappa shape index (κ1) is 10.2. The third-order valence-electron chi connectivity index (χ3n) is 2.46. The third-order valence-corrected chi connectivity index (χ3v) is 3.47. The van der Waals surface area contributed by atoms with Crippen LogP contribution in [0.3, 0.4) is 0 Å². The van der Waals surface area contributed by atoms with Gasteiger partial charge in [-0.2, -0.15) is 0 Å². The van der Waals surface area contributed by atoms with Gasteiger partial charge in [0, 0.05) is 17.1 Å². The van der Waals surface area contributed by atoms with Crippen molar-refractivity contribution in [3.05, 3.63) is 34.7 Å². The van der Waals surface area contributed by atoms with Crippen molar-refractivity contribution >= 4 is 27.4 Å². The molecule has 2 aromatic rings. The maximum absolute atomic E-state index is 10.6. The van der Waals surface area contributed by atoms with Crippen molar-refractivity contribution in [2.75, 3.05) is 0 Å². The van der Waals surface area contributed by atoms with Gasteiger partial charge in [0.1, 0.15) is 0 Å². The summed E-state index contributed by atoms with van der Waals surface area (Å²) in [4.78, 5) is 10.6. The Labute approximate surface area is 92.2 Å². The lowest BCUT2D eigenvalue weighted by Crippen LogP contribution is -2.24. The standard InChI is InChI=1S/C12H12O2S/c1-2-8-3-4-11-10(5-8)9(7-15-11)6-12(13)14/h3-5,7H,2,6H2,1H3,(H,13,14)/p-1. The Hall–Kier alpha value is -1.35. The number of hydrogen-bond donors (Lipinski definition) is 0. The third kappa shape index (κ3) is 2.02. The maximum Gasteiger partial charge on any atom is 0.0458 e. The highest BCUT2D eigenvalue weighted by Gasteiger charge is 2.04. The number of aryl methyl sites for hydroxylation is 1. The largest absolute Gasteiger partial charge is 0.550 e. The molecule has 78 valence electrons. The predicted octanol–water partition coefficient (Wildman–Crippen LogP) is 1.76. The number of carboxylic acids is 1. The van der Waals surface area contributed by atoms with E-state index in [-0.39, 0.29) is 6.42 Å². The van der Waals surface area contributed by atoms with Crippen molar-refractivity contribution < 1.29 is 9.90 Å². The second-order valence-corrected chi connectivity index (χ2v) is 4.41. The van der Waals surface area contributed by atoms with Crippen molar-refractivity contribution in [3.8, 4) is 0 Å². The lowest BCUT2D eigenvalue weighted by atomic mass is 10.1. The molecule has 0 spiro atoms. The Morgan fingerprint density at radius 1 is 1.47 bits per heavy atom. The highest BCUT2D eigenvalue weighted by atomic mass is 32.1. The number of carbonyl (C=O) groups excluding carboxylic acids is 1. The number of rotatable bonds is 3. The van der Waals surface area contributed by atoms with Crippen LogP contribution in [-0.4, -0.2) is 5.97 Å². The molecule has 1 aromatic carbocycles. The minimum atomic E-state index is -1.02. The molecule has 0 amide bonds. The van der Waals surface area contributed by atoms with Crippen LogP contribution in [0.5, 0.6) is 0 Å². The molecule has 3 heteroatoms. The highest BCUT2D eigenvalue weighted by Crippen LogP contribution is 2.27. The normalized spacial score (nSPS) is 10.7. The van der Waals surface area contributed by atoms with Gasteiger partial charge in [-0.1, -0.05) is 19.1 Å². The number of carbonyl (C=O) groups is 1. The summed E-state index contributed by atoms with van der Waals surface area (Å²) in [5, 5.41) is 13.5. The highest BCUT2D eigenvalue weighted by molar-refractivity contribution is 7.17. The summed E-state index contributed by atoms with van der Waals surface area (Å²) < 4.78 is 1.14. The second kappa shape index (κ2) is 4.03. The smallest absolute Gasteiger partial charge is 0.0458 e. The summed E-state index contributed by atoms with van der Waals surface area (Å²) in [5.74, 6) is -1.02. The van der Waals surface area contributed by atoms with Crippen LogP contribution in [0, 0.1) is 0 Å². The Bertz CT molecular complexity index is 499. The fraction of sp³-hybridized carbons (Fsp3) is 0.250. The van der Waals surface area contributed by atoms with E-state index in [1.165, 1.54) is 5.56 Å². The van der Waals surface area contributed by atoms with Gasteiger partial charge in [-0.05, 0) is 34.4 Å². The zero-order valence-electron chi connectivity index (χ0n) is 8.45. The first-order valence-corrected chi connectivity index (χ1v) is 5.77. The van der Waals surface area contributed by atoms with Crippen LogP contribution in [0.25, 0.3) is 10.1 Å². The predicted molar refractivity (Wildman–Crippen MR) is 59.9 cm³/mol. The molecule has 0 saturated carbocycles. The molecule has 0 unspecified atom stereocenters. The van der Waals surface area contributed by atoms with Gasteiger partial charge in [-0.15, -0.1) is 11.3 Å². The molecule has 0 N–H and O–H groups in total. The summed E-state index contributed by atoms with van der Waals surface area (Å²) in [5.41, 5.74) is 2.10. The lowest BCUT2D eigenvalue weighted by molar-refractivity contribution is -0.304. The molecule has 0 saturated heterocycles. The number of carboxylic acid groups (broad SMARTS) is 1. The van der Waals surface area contributed by atoms with Gasteiger partial charge in [0.25, 0.3) is 0 Å². The molecule has 0 bridgehead atoms. The van der Waals surface area contributed by atoms with Gasteiger partial charge in [0.15, 0.2) is 0 Å². The van der Waals surface area contributed by atoms with Crippen molar-refractivity contribution in [1.82, 2.24) is 0 Å². The number of benzene rings is 1.